The van der Waals surface area contributed by atoms with Gasteiger partial charge >= 0.3 is 0 Å². The average molecular weight is 564 g/mol. The molecule has 2 aliphatic rings. The van der Waals surface area contributed by atoms with Crippen LogP contribution in [0.5, 0.6) is 11.5 Å². The third kappa shape index (κ3) is 6.46. The molecule has 1 saturated heterocycles. The number of carbonyl (C=O) groups excluding carboxylic acids is 2. The van der Waals surface area contributed by atoms with E-state index in [0.717, 1.165) is 31.2 Å². The molecule has 2 amide bonds. The summed E-state index contributed by atoms with van der Waals surface area (Å²) >= 11 is 0. The fraction of sp³-hybridized carbons (Fsp3) is 0.333. The number of fused-ring (bicyclic) bond motifs is 1. The molecule has 210 valence electrons. The molecule has 0 bridgehead atoms. The van der Waals surface area contributed by atoms with E-state index in [0.29, 0.717) is 36.8 Å². The minimum Gasteiger partial charge on any atom is -0.484 e. The van der Waals surface area contributed by atoms with Crippen LogP contribution in [0.15, 0.2) is 83.8 Å². The minimum atomic E-state index is -3.57. The summed E-state index contributed by atoms with van der Waals surface area (Å²) in [6.45, 7) is 1.15. The molecule has 0 radical (unpaired) electrons. The predicted molar refractivity (Wildman–Crippen MR) is 151 cm³/mol. The number of rotatable bonds is 8. The molecule has 40 heavy (non-hydrogen) atoms. The Kier molecular flexibility index (Phi) is 8.66. The number of hydrogen-bond acceptors (Lipinski definition) is 6. The van der Waals surface area contributed by atoms with Crippen LogP contribution in [0, 0.1) is 0 Å². The van der Waals surface area contributed by atoms with Gasteiger partial charge in [-0.05, 0) is 54.8 Å². The molecule has 2 aliphatic heterocycles. The van der Waals surface area contributed by atoms with E-state index >= 15 is 0 Å². The van der Waals surface area contributed by atoms with Crippen LogP contribution in [0.3, 0.4) is 0 Å². The molecule has 1 N–H and O–H groups in total. The third-order valence-electron chi connectivity index (χ3n) is 7.07. The van der Waals surface area contributed by atoms with E-state index in [1.165, 1.54) is 17.0 Å². The van der Waals surface area contributed by atoms with Crippen molar-refractivity contribution in [1.82, 2.24) is 9.62 Å². The normalized spacial score (nSPS) is 17.7. The highest BCUT2D eigenvalue weighted by Crippen LogP contribution is 2.33. The number of ether oxygens (including phenoxy) is 2. The second-order valence-electron chi connectivity index (χ2n) is 9.86. The van der Waals surface area contributed by atoms with E-state index in [9.17, 15) is 18.0 Å². The SMILES string of the molecule is O=C(NCc1ccccc1)[C@H]1CN(C(=O)COc2ccc(S(=O)(=O)N3CCCCCC3)cc2)c2ccccc2O1. The monoisotopic (exact) mass is 563 g/mol. The molecule has 0 spiro atoms. The van der Waals surface area contributed by atoms with Crippen molar-refractivity contribution >= 4 is 27.5 Å². The van der Waals surface area contributed by atoms with Gasteiger partial charge in [-0.15, -0.1) is 0 Å². The van der Waals surface area contributed by atoms with Gasteiger partial charge in [0.05, 0.1) is 17.1 Å². The number of sulfonamides is 1. The fourth-order valence-corrected chi connectivity index (χ4v) is 6.38. The van der Waals surface area contributed by atoms with Gasteiger partial charge in [0, 0.05) is 19.6 Å². The first-order valence-electron chi connectivity index (χ1n) is 13.5. The van der Waals surface area contributed by atoms with Gasteiger partial charge < -0.3 is 19.7 Å². The first kappa shape index (κ1) is 27.7. The van der Waals surface area contributed by atoms with Gasteiger partial charge in [0.25, 0.3) is 11.8 Å². The average Bonchev–Trinajstić information content (AvgIpc) is 3.29. The lowest BCUT2D eigenvalue weighted by molar-refractivity contribution is -0.128. The second-order valence-corrected chi connectivity index (χ2v) is 11.8. The molecule has 1 atom stereocenters. The van der Waals surface area contributed by atoms with Crippen LogP contribution in [0.1, 0.15) is 31.2 Å². The fourth-order valence-electron chi connectivity index (χ4n) is 4.87. The second kappa shape index (κ2) is 12.5. The zero-order valence-corrected chi connectivity index (χ0v) is 23.0. The van der Waals surface area contributed by atoms with Crippen molar-refractivity contribution < 1.29 is 27.5 Å². The summed E-state index contributed by atoms with van der Waals surface area (Å²) in [4.78, 5) is 27.9. The van der Waals surface area contributed by atoms with Crippen molar-refractivity contribution in [3.05, 3.63) is 84.4 Å². The Hall–Kier alpha value is -3.89. The highest BCUT2D eigenvalue weighted by atomic mass is 32.2. The molecule has 0 saturated carbocycles. The summed E-state index contributed by atoms with van der Waals surface area (Å²) in [5.41, 5.74) is 1.51. The highest BCUT2D eigenvalue weighted by molar-refractivity contribution is 7.89. The molecule has 3 aromatic rings. The molecule has 1 fully saturated rings. The van der Waals surface area contributed by atoms with Gasteiger partial charge in [-0.25, -0.2) is 8.42 Å². The standard InChI is InChI=1S/C30H33N3O6S/c34-29(22-38-24-14-16-25(17-15-24)40(36,37)32-18-8-1-2-9-19-32)33-21-28(39-27-13-7-6-12-26(27)33)30(35)31-20-23-10-4-3-5-11-23/h3-7,10-17,28H,1-2,8-9,18-22H2,(H,31,35)/t28-/m1/s1. The first-order valence-corrected chi connectivity index (χ1v) is 15.0. The molecule has 0 unspecified atom stereocenters. The Labute approximate surface area is 234 Å². The van der Waals surface area contributed by atoms with Crippen molar-refractivity contribution in [3.63, 3.8) is 0 Å². The van der Waals surface area contributed by atoms with Crippen LogP contribution in [-0.2, 0) is 26.2 Å². The van der Waals surface area contributed by atoms with Crippen LogP contribution < -0.4 is 19.7 Å². The van der Waals surface area contributed by atoms with E-state index in [1.54, 1.807) is 40.7 Å². The van der Waals surface area contributed by atoms with E-state index in [4.69, 9.17) is 9.47 Å². The summed E-state index contributed by atoms with van der Waals surface area (Å²) in [5.74, 6) is 0.142. The molecule has 9 nitrogen and oxygen atoms in total. The topological polar surface area (TPSA) is 105 Å². The molecule has 10 heteroatoms. The largest absolute Gasteiger partial charge is 0.484 e. The molecular formula is C30H33N3O6S. The smallest absolute Gasteiger partial charge is 0.265 e. The molecular weight excluding hydrogens is 530 g/mol. The van der Waals surface area contributed by atoms with E-state index in [1.807, 2.05) is 30.3 Å². The number of anilines is 1. The van der Waals surface area contributed by atoms with Gasteiger partial charge in [0.2, 0.25) is 10.0 Å². The Morgan fingerprint density at radius 2 is 1.55 bits per heavy atom. The molecule has 5 rings (SSSR count). The van der Waals surface area contributed by atoms with Crippen LogP contribution in [0.25, 0.3) is 0 Å². The van der Waals surface area contributed by atoms with Crippen molar-refractivity contribution in [2.45, 2.75) is 43.2 Å². The Balaban J connectivity index is 1.22. The number of nitrogens with zero attached hydrogens (tertiary/aromatic N) is 2. The van der Waals surface area contributed by atoms with Gasteiger partial charge in [-0.3, -0.25) is 9.59 Å². The van der Waals surface area contributed by atoms with Crippen LogP contribution in [0.4, 0.5) is 5.69 Å². The molecule has 2 heterocycles. The van der Waals surface area contributed by atoms with Crippen molar-refractivity contribution in [2.24, 2.45) is 0 Å². The third-order valence-corrected chi connectivity index (χ3v) is 8.98. The Morgan fingerprint density at radius 3 is 2.27 bits per heavy atom. The van der Waals surface area contributed by atoms with Crippen LogP contribution in [-0.4, -0.2) is 56.9 Å². The van der Waals surface area contributed by atoms with E-state index in [2.05, 4.69) is 5.32 Å². The number of nitrogens with one attached hydrogen (secondary N) is 1. The van der Waals surface area contributed by atoms with Crippen LogP contribution >= 0.6 is 0 Å². The minimum absolute atomic E-state index is 0.0346. The summed E-state index contributed by atoms with van der Waals surface area (Å²) in [5, 5.41) is 2.88. The lowest BCUT2D eigenvalue weighted by Gasteiger charge is -2.34. The Morgan fingerprint density at radius 1 is 0.875 bits per heavy atom. The maximum absolute atomic E-state index is 13.3. The molecule has 3 aromatic carbocycles. The number of para-hydroxylation sites is 2. The number of benzene rings is 3. The number of hydrogen-bond donors (Lipinski definition) is 1. The summed E-state index contributed by atoms with van der Waals surface area (Å²) in [6, 6.07) is 22.7. The van der Waals surface area contributed by atoms with Gasteiger partial charge in [0.15, 0.2) is 12.7 Å². The summed E-state index contributed by atoms with van der Waals surface area (Å²) in [6.07, 6.45) is 2.93. The zero-order chi connectivity index (χ0) is 28.0. The van der Waals surface area contributed by atoms with Crippen molar-refractivity contribution in [2.75, 3.05) is 31.1 Å². The molecule has 0 aliphatic carbocycles. The summed E-state index contributed by atoms with van der Waals surface area (Å²) < 4.78 is 39.3. The van der Waals surface area contributed by atoms with E-state index < -0.39 is 16.1 Å². The van der Waals surface area contributed by atoms with Crippen molar-refractivity contribution in [3.8, 4) is 11.5 Å². The first-order chi connectivity index (χ1) is 19.4. The Bertz CT molecular complexity index is 1420. The predicted octanol–water partition coefficient (Wildman–Crippen LogP) is 3.74. The molecule has 0 aromatic heterocycles. The van der Waals surface area contributed by atoms with Gasteiger partial charge in [0.1, 0.15) is 11.5 Å². The number of amides is 2. The lowest BCUT2D eigenvalue weighted by Crippen LogP contribution is -2.51. The maximum atomic E-state index is 13.3. The summed E-state index contributed by atoms with van der Waals surface area (Å²) in [7, 11) is -3.57. The van der Waals surface area contributed by atoms with Gasteiger partial charge in [-0.2, -0.15) is 4.31 Å². The van der Waals surface area contributed by atoms with Gasteiger partial charge in [-0.1, -0.05) is 55.3 Å². The van der Waals surface area contributed by atoms with Crippen molar-refractivity contribution in [1.29, 1.82) is 0 Å². The zero-order valence-electron chi connectivity index (χ0n) is 22.2. The quantitative estimate of drug-likeness (QED) is 0.448. The maximum Gasteiger partial charge on any atom is 0.265 e. The highest BCUT2D eigenvalue weighted by Gasteiger charge is 2.34. The van der Waals surface area contributed by atoms with Crippen LogP contribution in [0.2, 0.25) is 0 Å². The van der Waals surface area contributed by atoms with E-state index in [-0.39, 0.29) is 29.9 Å². The number of carbonyl (C=O) groups is 2. The lowest BCUT2D eigenvalue weighted by atomic mass is 10.1.